The number of nitrogens with zero attached hydrogens (tertiary/aromatic N) is 3. The molecule has 0 unspecified atom stereocenters. The Kier molecular flexibility index (Phi) is 4.48. The molecule has 1 aromatic heterocycles. The molecule has 0 aliphatic heterocycles. The van der Waals surface area contributed by atoms with E-state index in [1.807, 2.05) is 19.1 Å². The van der Waals surface area contributed by atoms with E-state index in [0.29, 0.717) is 11.9 Å². The predicted molar refractivity (Wildman–Crippen MR) is 101 cm³/mol. The van der Waals surface area contributed by atoms with Crippen LogP contribution in [0.1, 0.15) is 24.1 Å². The molecule has 1 aliphatic rings. The van der Waals surface area contributed by atoms with Crippen molar-refractivity contribution in [1.82, 2.24) is 14.7 Å². The second-order valence-corrected chi connectivity index (χ2v) is 6.97. The van der Waals surface area contributed by atoms with E-state index in [1.165, 1.54) is 16.8 Å². The number of fused-ring (bicyclic) bond motifs is 1. The summed E-state index contributed by atoms with van der Waals surface area (Å²) in [7, 11) is 0. The first-order valence-corrected chi connectivity index (χ1v) is 9.03. The Morgan fingerprint density at radius 3 is 2.48 bits per heavy atom. The van der Waals surface area contributed by atoms with Gasteiger partial charge in [0.25, 0.3) is 5.56 Å². The summed E-state index contributed by atoms with van der Waals surface area (Å²) in [5.41, 5.74) is 1.32. The zero-order chi connectivity index (χ0) is 19.0. The van der Waals surface area contributed by atoms with Crippen molar-refractivity contribution >= 4 is 16.7 Å². The Labute approximate surface area is 156 Å². The molecule has 2 aromatic carbocycles. The highest BCUT2D eigenvalue weighted by Gasteiger charge is 2.32. The fraction of sp³-hybridized carbons (Fsp3) is 0.286. The lowest BCUT2D eigenvalue weighted by molar-refractivity contribution is -0.133. The highest BCUT2D eigenvalue weighted by Crippen LogP contribution is 2.28. The lowest BCUT2D eigenvalue weighted by Crippen LogP contribution is -2.38. The molecule has 4 rings (SSSR count). The summed E-state index contributed by atoms with van der Waals surface area (Å²) in [5.74, 6) is -0.448. The molecule has 138 valence electrons. The number of hydrogen-bond donors (Lipinski definition) is 0. The van der Waals surface area contributed by atoms with Gasteiger partial charge in [0.05, 0.1) is 11.1 Å². The molecule has 0 spiro atoms. The zero-order valence-electron chi connectivity index (χ0n) is 15.1. The minimum Gasteiger partial charge on any atom is -0.334 e. The first-order chi connectivity index (χ1) is 13.0. The average molecular weight is 365 g/mol. The Balaban J connectivity index is 1.60. The number of amides is 1. The van der Waals surface area contributed by atoms with Crippen LogP contribution in [-0.4, -0.2) is 26.6 Å². The van der Waals surface area contributed by atoms with Crippen LogP contribution in [0.5, 0.6) is 0 Å². The van der Waals surface area contributed by atoms with Gasteiger partial charge in [-0.3, -0.25) is 9.59 Å². The molecule has 0 bridgehead atoms. The van der Waals surface area contributed by atoms with E-state index in [4.69, 9.17) is 0 Å². The van der Waals surface area contributed by atoms with Crippen molar-refractivity contribution < 1.29 is 9.18 Å². The second-order valence-electron chi connectivity index (χ2n) is 6.97. The van der Waals surface area contributed by atoms with Gasteiger partial charge in [-0.25, -0.2) is 9.07 Å². The number of hydrogen-bond acceptors (Lipinski definition) is 3. The molecule has 0 saturated heterocycles. The third-order valence-electron chi connectivity index (χ3n) is 4.91. The van der Waals surface area contributed by atoms with Gasteiger partial charge in [-0.1, -0.05) is 30.3 Å². The zero-order valence-corrected chi connectivity index (χ0v) is 15.1. The van der Waals surface area contributed by atoms with Gasteiger partial charge in [-0.2, -0.15) is 5.10 Å². The van der Waals surface area contributed by atoms with Crippen LogP contribution >= 0.6 is 0 Å². The van der Waals surface area contributed by atoms with E-state index >= 15 is 0 Å². The van der Waals surface area contributed by atoms with Gasteiger partial charge in [0.1, 0.15) is 12.4 Å². The minimum absolute atomic E-state index is 0.0950. The number of carbonyl (C=O) groups excluding carboxylic acids is 1. The number of halogens is 1. The van der Waals surface area contributed by atoms with Gasteiger partial charge >= 0.3 is 0 Å². The van der Waals surface area contributed by atoms with E-state index in [-0.39, 0.29) is 29.9 Å². The predicted octanol–water partition coefficient (Wildman–Crippen LogP) is 3.04. The highest BCUT2D eigenvalue weighted by molar-refractivity contribution is 5.83. The third-order valence-corrected chi connectivity index (χ3v) is 4.91. The summed E-state index contributed by atoms with van der Waals surface area (Å²) in [6.45, 7) is 2.15. The number of aromatic nitrogens is 2. The number of rotatable bonds is 5. The van der Waals surface area contributed by atoms with E-state index in [9.17, 15) is 14.0 Å². The van der Waals surface area contributed by atoms with Gasteiger partial charge in [0.2, 0.25) is 5.91 Å². The standard InChI is InChI=1S/C21H20FN3O2/c1-14-18-4-2-3-5-19(18)21(27)25(23-14)13-20(26)24(17-10-11-17)12-15-6-8-16(22)9-7-15/h2-9,17H,10-13H2,1H3. The molecule has 1 amide bonds. The summed E-state index contributed by atoms with van der Waals surface area (Å²) >= 11 is 0. The molecule has 1 aliphatic carbocycles. The Hall–Kier alpha value is -3.02. The van der Waals surface area contributed by atoms with Crippen LogP contribution in [0.25, 0.3) is 10.8 Å². The summed E-state index contributed by atoms with van der Waals surface area (Å²) in [4.78, 5) is 27.4. The quantitative estimate of drug-likeness (QED) is 0.698. The van der Waals surface area contributed by atoms with Crippen molar-refractivity contribution in [2.45, 2.75) is 38.9 Å². The smallest absolute Gasteiger partial charge is 0.275 e. The van der Waals surface area contributed by atoms with Crippen molar-refractivity contribution in [1.29, 1.82) is 0 Å². The van der Waals surface area contributed by atoms with E-state index < -0.39 is 0 Å². The average Bonchev–Trinajstić information content (AvgIpc) is 3.50. The van der Waals surface area contributed by atoms with Crippen molar-refractivity contribution in [3.05, 3.63) is 76.0 Å². The fourth-order valence-electron chi connectivity index (χ4n) is 3.32. The highest BCUT2D eigenvalue weighted by atomic mass is 19.1. The summed E-state index contributed by atoms with van der Waals surface area (Å²) in [5, 5.41) is 5.70. The summed E-state index contributed by atoms with van der Waals surface area (Å²) in [6, 6.07) is 13.6. The number of carbonyl (C=O) groups is 1. The Bertz CT molecular complexity index is 1060. The molecule has 0 radical (unpaired) electrons. The number of benzene rings is 2. The Morgan fingerprint density at radius 2 is 1.81 bits per heavy atom. The molecule has 0 N–H and O–H groups in total. The fourth-order valence-corrected chi connectivity index (χ4v) is 3.32. The molecule has 5 nitrogen and oxygen atoms in total. The van der Waals surface area contributed by atoms with Gasteiger partial charge in [-0.05, 0) is 43.5 Å². The van der Waals surface area contributed by atoms with Gasteiger partial charge in [-0.15, -0.1) is 0 Å². The minimum atomic E-state index is -0.301. The van der Waals surface area contributed by atoms with Crippen LogP contribution in [0.2, 0.25) is 0 Å². The lowest BCUT2D eigenvalue weighted by atomic mass is 10.1. The van der Waals surface area contributed by atoms with Crippen molar-refractivity contribution in [3.63, 3.8) is 0 Å². The molecule has 1 heterocycles. The maximum atomic E-state index is 13.1. The monoisotopic (exact) mass is 365 g/mol. The van der Waals surface area contributed by atoms with Crippen molar-refractivity contribution in [2.75, 3.05) is 0 Å². The van der Waals surface area contributed by atoms with Crippen molar-refractivity contribution in [3.8, 4) is 0 Å². The first kappa shape index (κ1) is 17.4. The maximum absolute atomic E-state index is 13.1. The molecule has 1 fully saturated rings. The van der Waals surface area contributed by atoms with E-state index in [2.05, 4.69) is 5.10 Å². The van der Waals surface area contributed by atoms with Crippen LogP contribution in [-0.2, 0) is 17.9 Å². The van der Waals surface area contributed by atoms with Gasteiger partial charge in [0, 0.05) is 18.0 Å². The summed E-state index contributed by atoms with van der Waals surface area (Å²) in [6.07, 6.45) is 1.90. The van der Waals surface area contributed by atoms with E-state index in [1.54, 1.807) is 29.2 Å². The van der Waals surface area contributed by atoms with Gasteiger partial charge in [0.15, 0.2) is 0 Å². The molecular weight excluding hydrogens is 345 g/mol. The molecule has 1 saturated carbocycles. The van der Waals surface area contributed by atoms with E-state index in [0.717, 1.165) is 29.5 Å². The van der Waals surface area contributed by atoms with Crippen LogP contribution < -0.4 is 5.56 Å². The topological polar surface area (TPSA) is 55.2 Å². The van der Waals surface area contributed by atoms with Crippen LogP contribution in [0.4, 0.5) is 4.39 Å². The Morgan fingerprint density at radius 1 is 1.15 bits per heavy atom. The van der Waals surface area contributed by atoms with Crippen molar-refractivity contribution in [2.24, 2.45) is 0 Å². The number of aryl methyl sites for hydroxylation is 1. The molecule has 6 heteroatoms. The van der Waals surface area contributed by atoms with Crippen LogP contribution in [0, 0.1) is 12.7 Å². The molecule has 3 aromatic rings. The summed E-state index contributed by atoms with van der Waals surface area (Å²) < 4.78 is 14.4. The molecular formula is C21H20FN3O2. The maximum Gasteiger partial charge on any atom is 0.275 e. The lowest BCUT2D eigenvalue weighted by Gasteiger charge is -2.23. The van der Waals surface area contributed by atoms with Crippen LogP contribution in [0.15, 0.2) is 53.3 Å². The molecule has 27 heavy (non-hydrogen) atoms. The van der Waals surface area contributed by atoms with Gasteiger partial charge < -0.3 is 4.90 Å². The largest absolute Gasteiger partial charge is 0.334 e. The second kappa shape index (κ2) is 6.95. The SMILES string of the molecule is Cc1nn(CC(=O)N(Cc2ccc(F)cc2)C2CC2)c(=O)c2ccccc12. The third kappa shape index (κ3) is 3.60. The molecule has 0 atom stereocenters. The van der Waals surface area contributed by atoms with Crippen LogP contribution in [0.3, 0.4) is 0 Å². The first-order valence-electron chi connectivity index (χ1n) is 9.03. The normalized spacial score (nSPS) is 13.7.